The average Bonchev–Trinajstić information content (AvgIpc) is 2.91. The van der Waals surface area contributed by atoms with Gasteiger partial charge in [0.25, 0.3) is 5.91 Å². The summed E-state index contributed by atoms with van der Waals surface area (Å²) in [7, 11) is 1.80. The predicted molar refractivity (Wildman–Crippen MR) is 75.4 cm³/mol. The number of hydrogen-bond acceptors (Lipinski definition) is 3. The topological polar surface area (TPSA) is 46.3 Å². The van der Waals surface area contributed by atoms with E-state index in [-0.39, 0.29) is 5.91 Å². The maximum Gasteiger partial charge on any atom is 0.276 e. The van der Waals surface area contributed by atoms with E-state index in [1.807, 2.05) is 30.3 Å². The van der Waals surface area contributed by atoms with Crippen LogP contribution >= 0.6 is 0 Å². The number of rotatable bonds is 3. The quantitative estimate of drug-likeness (QED) is 0.861. The van der Waals surface area contributed by atoms with Gasteiger partial charge in [0, 0.05) is 25.6 Å². The molecule has 0 spiro atoms. The Hall–Kier alpha value is -2.10. The molecule has 0 atom stereocenters. The second kappa shape index (κ2) is 5.49. The van der Waals surface area contributed by atoms with Gasteiger partial charge in [0.1, 0.15) is 5.76 Å². The molecule has 0 aliphatic heterocycles. The van der Waals surface area contributed by atoms with Gasteiger partial charge in [0.15, 0.2) is 5.69 Å². The van der Waals surface area contributed by atoms with Crippen molar-refractivity contribution in [3.63, 3.8) is 0 Å². The highest BCUT2D eigenvalue weighted by Gasteiger charge is 2.25. The Balaban J connectivity index is 1.77. The maximum absolute atomic E-state index is 12.5. The third-order valence-corrected chi connectivity index (χ3v) is 3.76. The largest absolute Gasteiger partial charge is 0.360 e. The van der Waals surface area contributed by atoms with Crippen LogP contribution in [0.1, 0.15) is 40.2 Å². The first kappa shape index (κ1) is 12.9. The standard InChI is InChI=1S/C16H18N2O2/c1-18(11-12-7-3-2-4-8-12)16(19)15-13-9-5-6-10-14(13)20-17-15/h2-4,7-8H,5-6,9-11H2,1H3. The van der Waals surface area contributed by atoms with Crippen LogP contribution in [0.4, 0.5) is 0 Å². The van der Waals surface area contributed by atoms with Gasteiger partial charge >= 0.3 is 0 Å². The Kier molecular flexibility index (Phi) is 3.54. The Morgan fingerprint density at radius 3 is 2.80 bits per heavy atom. The zero-order chi connectivity index (χ0) is 13.9. The minimum atomic E-state index is -0.0549. The molecule has 1 aliphatic rings. The molecule has 1 amide bonds. The van der Waals surface area contributed by atoms with E-state index in [0.717, 1.165) is 42.6 Å². The van der Waals surface area contributed by atoms with Gasteiger partial charge in [-0.05, 0) is 24.8 Å². The molecule has 1 aliphatic carbocycles. The van der Waals surface area contributed by atoms with E-state index in [2.05, 4.69) is 5.16 Å². The number of benzene rings is 1. The van der Waals surface area contributed by atoms with Crippen molar-refractivity contribution in [2.45, 2.75) is 32.2 Å². The van der Waals surface area contributed by atoms with Crippen molar-refractivity contribution in [3.05, 3.63) is 52.9 Å². The molecule has 104 valence electrons. The van der Waals surface area contributed by atoms with Crippen LogP contribution in [-0.4, -0.2) is 23.0 Å². The predicted octanol–water partition coefficient (Wildman–Crippen LogP) is 2.83. The minimum absolute atomic E-state index is 0.0549. The summed E-state index contributed by atoms with van der Waals surface area (Å²) in [6, 6.07) is 9.96. The smallest absolute Gasteiger partial charge is 0.276 e. The van der Waals surface area contributed by atoms with Crippen LogP contribution in [0.5, 0.6) is 0 Å². The highest BCUT2D eigenvalue weighted by atomic mass is 16.5. The van der Waals surface area contributed by atoms with Crippen LogP contribution in [0.2, 0.25) is 0 Å². The number of amides is 1. The van der Waals surface area contributed by atoms with Gasteiger partial charge < -0.3 is 9.42 Å². The highest BCUT2D eigenvalue weighted by molar-refractivity contribution is 5.93. The molecule has 2 aromatic rings. The molecule has 0 fully saturated rings. The number of aromatic nitrogens is 1. The van der Waals surface area contributed by atoms with Gasteiger partial charge in [-0.1, -0.05) is 35.5 Å². The summed E-state index contributed by atoms with van der Waals surface area (Å²) in [4.78, 5) is 14.2. The average molecular weight is 270 g/mol. The van der Waals surface area contributed by atoms with E-state index in [9.17, 15) is 4.79 Å². The fourth-order valence-electron chi connectivity index (χ4n) is 2.66. The Bertz CT molecular complexity index is 604. The molecule has 0 bridgehead atoms. The molecule has 4 nitrogen and oxygen atoms in total. The Labute approximate surface area is 118 Å². The molecule has 0 N–H and O–H groups in total. The van der Waals surface area contributed by atoms with E-state index < -0.39 is 0 Å². The van der Waals surface area contributed by atoms with Gasteiger partial charge in [-0.15, -0.1) is 0 Å². The third-order valence-electron chi connectivity index (χ3n) is 3.76. The van der Waals surface area contributed by atoms with Crippen LogP contribution in [-0.2, 0) is 19.4 Å². The maximum atomic E-state index is 12.5. The molecule has 1 heterocycles. The van der Waals surface area contributed by atoms with E-state index >= 15 is 0 Å². The molecule has 20 heavy (non-hydrogen) atoms. The number of carbonyl (C=O) groups is 1. The highest BCUT2D eigenvalue weighted by Crippen LogP contribution is 2.25. The lowest BCUT2D eigenvalue weighted by Gasteiger charge is -2.17. The van der Waals surface area contributed by atoms with Crippen molar-refractivity contribution in [1.29, 1.82) is 0 Å². The van der Waals surface area contributed by atoms with Crippen LogP contribution in [0, 0.1) is 0 Å². The second-order valence-electron chi connectivity index (χ2n) is 5.29. The van der Waals surface area contributed by atoms with E-state index in [1.165, 1.54) is 0 Å². The van der Waals surface area contributed by atoms with Gasteiger partial charge in [-0.3, -0.25) is 4.79 Å². The Morgan fingerprint density at radius 2 is 2.00 bits per heavy atom. The lowest BCUT2D eigenvalue weighted by Crippen LogP contribution is -2.27. The van der Waals surface area contributed by atoms with E-state index in [4.69, 9.17) is 4.52 Å². The van der Waals surface area contributed by atoms with Crippen molar-refractivity contribution in [2.24, 2.45) is 0 Å². The minimum Gasteiger partial charge on any atom is -0.360 e. The van der Waals surface area contributed by atoms with Gasteiger partial charge in [0.2, 0.25) is 0 Å². The number of fused-ring (bicyclic) bond motifs is 1. The molecule has 0 radical (unpaired) electrons. The molecule has 0 unspecified atom stereocenters. The third kappa shape index (κ3) is 2.46. The lowest BCUT2D eigenvalue weighted by atomic mass is 9.96. The molecule has 0 saturated heterocycles. The summed E-state index contributed by atoms with van der Waals surface area (Å²) in [5, 5.41) is 3.99. The van der Waals surface area contributed by atoms with Crippen LogP contribution < -0.4 is 0 Å². The Morgan fingerprint density at radius 1 is 1.25 bits per heavy atom. The summed E-state index contributed by atoms with van der Waals surface area (Å²) >= 11 is 0. The number of nitrogens with zero attached hydrogens (tertiary/aromatic N) is 2. The summed E-state index contributed by atoms with van der Waals surface area (Å²) in [6.07, 6.45) is 4.03. The fourth-order valence-corrected chi connectivity index (χ4v) is 2.66. The van der Waals surface area contributed by atoms with Crippen LogP contribution in [0.15, 0.2) is 34.9 Å². The molecular formula is C16H18N2O2. The summed E-state index contributed by atoms with van der Waals surface area (Å²) in [6.45, 7) is 0.585. The number of aryl methyl sites for hydroxylation is 1. The first-order chi connectivity index (χ1) is 9.75. The van der Waals surface area contributed by atoms with Crippen LogP contribution in [0.3, 0.4) is 0 Å². The molecule has 1 aromatic heterocycles. The first-order valence-electron chi connectivity index (χ1n) is 7.02. The zero-order valence-corrected chi connectivity index (χ0v) is 11.6. The van der Waals surface area contributed by atoms with Crippen LogP contribution in [0.25, 0.3) is 0 Å². The van der Waals surface area contributed by atoms with Gasteiger partial charge in [-0.2, -0.15) is 0 Å². The summed E-state index contributed by atoms with van der Waals surface area (Å²) in [5.74, 6) is 0.841. The normalized spacial score (nSPS) is 13.8. The fraction of sp³-hybridized carbons (Fsp3) is 0.375. The van der Waals surface area contributed by atoms with E-state index in [0.29, 0.717) is 12.2 Å². The second-order valence-corrected chi connectivity index (χ2v) is 5.29. The number of hydrogen-bond donors (Lipinski definition) is 0. The first-order valence-corrected chi connectivity index (χ1v) is 7.02. The molecule has 3 rings (SSSR count). The monoisotopic (exact) mass is 270 g/mol. The summed E-state index contributed by atoms with van der Waals surface area (Å²) < 4.78 is 5.31. The van der Waals surface area contributed by atoms with Crippen molar-refractivity contribution >= 4 is 5.91 Å². The molecule has 0 saturated carbocycles. The number of carbonyl (C=O) groups excluding carboxylic acids is 1. The molecule has 1 aromatic carbocycles. The van der Waals surface area contributed by atoms with Crippen molar-refractivity contribution in [1.82, 2.24) is 10.1 Å². The zero-order valence-electron chi connectivity index (χ0n) is 11.6. The van der Waals surface area contributed by atoms with Gasteiger partial charge in [0.05, 0.1) is 0 Å². The lowest BCUT2D eigenvalue weighted by molar-refractivity contribution is 0.0774. The van der Waals surface area contributed by atoms with Crippen molar-refractivity contribution < 1.29 is 9.32 Å². The molecular weight excluding hydrogens is 252 g/mol. The summed E-state index contributed by atoms with van der Waals surface area (Å²) in [5.41, 5.74) is 2.63. The van der Waals surface area contributed by atoms with Crippen molar-refractivity contribution in [2.75, 3.05) is 7.05 Å². The van der Waals surface area contributed by atoms with Crippen molar-refractivity contribution in [3.8, 4) is 0 Å². The van der Waals surface area contributed by atoms with E-state index in [1.54, 1.807) is 11.9 Å². The van der Waals surface area contributed by atoms with Gasteiger partial charge in [-0.25, -0.2) is 0 Å². The molecule has 4 heteroatoms. The SMILES string of the molecule is CN(Cc1ccccc1)C(=O)c1noc2c1CCCC2.